The molecule has 6 heteroatoms. The van der Waals surface area contributed by atoms with E-state index in [1.54, 1.807) is 23.2 Å². The van der Waals surface area contributed by atoms with Crippen molar-refractivity contribution in [3.05, 3.63) is 78.0 Å². The SMILES string of the molecule is C=C1OC=CN1/C(C1=CCN=C(C)N1)=C(\N)c1ccc(F)cc1. The first-order valence-electron chi connectivity index (χ1n) is 7.12. The van der Waals surface area contributed by atoms with E-state index < -0.39 is 0 Å². The van der Waals surface area contributed by atoms with Gasteiger partial charge < -0.3 is 15.8 Å². The summed E-state index contributed by atoms with van der Waals surface area (Å²) in [5, 5.41) is 3.20. The number of halogens is 1. The average molecular weight is 312 g/mol. The number of aliphatic imine (C=N–C) groups is 1. The second-order valence-electron chi connectivity index (χ2n) is 5.10. The van der Waals surface area contributed by atoms with Crippen LogP contribution in [0.5, 0.6) is 0 Å². The van der Waals surface area contributed by atoms with E-state index in [0.29, 0.717) is 29.4 Å². The van der Waals surface area contributed by atoms with E-state index in [-0.39, 0.29) is 5.82 Å². The van der Waals surface area contributed by atoms with Crippen LogP contribution < -0.4 is 11.1 Å². The number of nitrogens with zero attached hydrogens (tertiary/aromatic N) is 2. The Balaban J connectivity index is 2.09. The third kappa shape index (κ3) is 2.96. The van der Waals surface area contributed by atoms with Gasteiger partial charge in [0.25, 0.3) is 0 Å². The lowest BCUT2D eigenvalue weighted by atomic mass is 10.1. The minimum absolute atomic E-state index is 0.310. The van der Waals surface area contributed by atoms with E-state index in [1.165, 1.54) is 18.4 Å². The first-order valence-corrected chi connectivity index (χ1v) is 7.12. The first-order chi connectivity index (χ1) is 11.1. The first kappa shape index (κ1) is 14.9. The van der Waals surface area contributed by atoms with E-state index >= 15 is 0 Å². The largest absolute Gasteiger partial charge is 0.447 e. The van der Waals surface area contributed by atoms with Crippen molar-refractivity contribution < 1.29 is 9.13 Å². The van der Waals surface area contributed by atoms with Gasteiger partial charge in [0.1, 0.15) is 12.1 Å². The molecule has 0 amide bonds. The molecule has 0 saturated carbocycles. The molecule has 3 rings (SSSR count). The zero-order valence-electron chi connectivity index (χ0n) is 12.7. The fourth-order valence-electron chi connectivity index (χ4n) is 2.39. The standard InChI is InChI=1S/C17H17FN4O/c1-11-20-8-7-15(21-11)17(22-9-10-23-12(22)2)16(19)13-3-5-14(18)6-4-13/h3-7,9-10H,2,8,19H2,1H3,(H,20,21)/b17-16-. The van der Waals surface area contributed by atoms with Gasteiger partial charge in [-0.2, -0.15) is 0 Å². The van der Waals surface area contributed by atoms with Gasteiger partial charge >= 0.3 is 0 Å². The summed E-state index contributed by atoms with van der Waals surface area (Å²) < 4.78 is 18.5. The lowest BCUT2D eigenvalue weighted by Gasteiger charge is -2.26. The number of nitrogens with one attached hydrogen (secondary N) is 1. The van der Waals surface area contributed by atoms with Crippen molar-refractivity contribution in [1.82, 2.24) is 10.2 Å². The Labute approximate surface area is 133 Å². The van der Waals surface area contributed by atoms with Crippen LogP contribution in [-0.2, 0) is 4.74 Å². The fourth-order valence-corrected chi connectivity index (χ4v) is 2.39. The number of nitrogens with two attached hydrogens (primary N) is 1. The minimum Gasteiger partial charge on any atom is -0.447 e. The maximum Gasteiger partial charge on any atom is 0.196 e. The molecule has 0 radical (unpaired) electrons. The average Bonchev–Trinajstić information content (AvgIpc) is 2.94. The number of hydrogen-bond donors (Lipinski definition) is 2. The Morgan fingerprint density at radius 3 is 2.74 bits per heavy atom. The topological polar surface area (TPSA) is 62.9 Å². The van der Waals surface area contributed by atoms with Gasteiger partial charge in [-0.25, -0.2) is 4.39 Å². The fraction of sp³-hybridized carbons (Fsp3) is 0.118. The minimum atomic E-state index is -0.310. The molecule has 2 aliphatic rings. The summed E-state index contributed by atoms with van der Waals surface area (Å²) in [5.41, 5.74) is 9.05. The molecule has 0 aromatic heterocycles. The molecule has 2 heterocycles. The van der Waals surface area contributed by atoms with Crippen molar-refractivity contribution in [2.75, 3.05) is 6.54 Å². The molecule has 0 saturated heterocycles. The lowest BCUT2D eigenvalue weighted by Crippen LogP contribution is -2.31. The van der Waals surface area contributed by atoms with Gasteiger partial charge in [0.2, 0.25) is 0 Å². The van der Waals surface area contributed by atoms with Crippen LogP contribution in [0.15, 0.2) is 71.7 Å². The quantitative estimate of drug-likeness (QED) is 0.900. The summed E-state index contributed by atoms with van der Waals surface area (Å²) in [7, 11) is 0. The molecular formula is C17H17FN4O. The Bertz CT molecular complexity index is 759. The molecule has 0 unspecified atom stereocenters. The molecular weight excluding hydrogens is 295 g/mol. The maximum atomic E-state index is 13.2. The Kier molecular flexibility index (Phi) is 3.89. The summed E-state index contributed by atoms with van der Waals surface area (Å²) in [6, 6.07) is 6.03. The molecule has 1 aromatic rings. The second-order valence-corrected chi connectivity index (χ2v) is 5.10. The van der Waals surface area contributed by atoms with Gasteiger partial charge in [-0.15, -0.1) is 0 Å². The molecule has 23 heavy (non-hydrogen) atoms. The predicted octanol–water partition coefficient (Wildman–Crippen LogP) is 2.63. The van der Waals surface area contributed by atoms with Crippen LogP contribution in [0, 0.1) is 5.82 Å². The monoisotopic (exact) mass is 312 g/mol. The molecule has 1 aromatic carbocycles. The third-order valence-electron chi connectivity index (χ3n) is 3.53. The lowest BCUT2D eigenvalue weighted by molar-refractivity contribution is 0.302. The van der Waals surface area contributed by atoms with E-state index in [9.17, 15) is 4.39 Å². The van der Waals surface area contributed by atoms with Crippen molar-refractivity contribution in [3.63, 3.8) is 0 Å². The highest BCUT2D eigenvalue weighted by atomic mass is 19.1. The van der Waals surface area contributed by atoms with Gasteiger partial charge in [-0.05, 0) is 49.4 Å². The van der Waals surface area contributed by atoms with E-state index in [2.05, 4.69) is 16.9 Å². The van der Waals surface area contributed by atoms with E-state index in [4.69, 9.17) is 10.5 Å². The Morgan fingerprint density at radius 2 is 2.13 bits per heavy atom. The smallest absolute Gasteiger partial charge is 0.196 e. The predicted molar refractivity (Wildman–Crippen MR) is 87.9 cm³/mol. The molecule has 2 aliphatic heterocycles. The van der Waals surface area contributed by atoms with Crippen LogP contribution in [0.25, 0.3) is 5.70 Å². The van der Waals surface area contributed by atoms with Crippen molar-refractivity contribution in [2.24, 2.45) is 10.7 Å². The molecule has 0 fully saturated rings. The normalized spacial score (nSPS) is 18.0. The summed E-state index contributed by atoms with van der Waals surface area (Å²) in [5.74, 6) is 0.921. The zero-order valence-corrected chi connectivity index (χ0v) is 12.7. The Morgan fingerprint density at radius 1 is 1.39 bits per heavy atom. The van der Waals surface area contributed by atoms with Crippen molar-refractivity contribution in [2.45, 2.75) is 6.92 Å². The molecule has 3 N–H and O–H groups in total. The second kappa shape index (κ2) is 6.00. The van der Waals surface area contributed by atoms with Gasteiger partial charge in [0, 0.05) is 6.20 Å². The van der Waals surface area contributed by atoms with E-state index in [1.807, 2.05) is 13.0 Å². The number of rotatable bonds is 3. The van der Waals surface area contributed by atoms with Crippen molar-refractivity contribution >= 4 is 11.5 Å². The van der Waals surface area contributed by atoms with E-state index in [0.717, 1.165) is 11.5 Å². The van der Waals surface area contributed by atoms with Gasteiger partial charge in [0.15, 0.2) is 5.88 Å². The summed E-state index contributed by atoms with van der Waals surface area (Å²) >= 11 is 0. The highest BCUT2D eigenvalue weighted by molar-refractivity contribution is 5.84. The van der Waals surface area contributed by atoms with Crippen LogP contribution >= 0.6 is 0 Å². The molecule has 0 spiro atoms. The number of benzene rings is 1. The van der Waals surface area contributed by atoms with Crippen LogP contribution in [0.3, 0.4) is 0 Å². The van der Waals surface area contributed by atoms with Crippen LogP contribution in [0.2, 0.25) is 0 Å². The van der Waals surface area contributed by atoms with Crippen LogP contribution in [0.4, 0.5) is 4.39 Å². The van der Waals surface area contributed by atoms with Crippen LogP contribution in [-0.4, -0.2) is 17.3 Å². The van der Waals surface area contributed by atoms with Gasteiger partial charge in [-0.1, -0.05) is 0 Å². The molecule has 0 bridgehead atoms. The Hall–Kier alpha value is -3.02. The van der Waals surface area contributed by atoms with Crippen molar-refractivity contribution in [1.29, 1.82) is 0 Å². The van der Waals surface area contributed by atoms with Gasteiger partial charge in [0.05, 0.1) is 29.5 Å². The number of amidine groups is 1. The highest BCUT2D eigenvalue weighted by Crippen LogP contribution is 2.29. The van der Waals surface area contributed by atoms with Crippen molar-refractivity contribution in [3.8, 4) is 0 Å². The number of ether oxygens (including phenoxy) is 1. The summed E-state index contributed by atoms with van der Waals surface area (Å²) in [4.78, 5) is 6.02. The van der Waals surface area contributed by atoms with Gasteiger partial charge in [-0.3, -0.25) is 9.89 Å². The van der Waals surface area contributed by atoms with Crippen LogP contribution in [0.1, 0.15) is 12.5 Å². The molecule has 0 aliphatic carbocycles. The summed E-state index contributed by atoms with van der Waals surface area (Å²) in [6.45, 7) is 6.30. The number of hydrogen-bond acceptors (Lipinski definition) is 5. The molecule has 5 nitrogen and oxygen atoms in total. The zero-order chi connectivity index (χ0) is 16.4. The highest BCUT2D eigenvalue weighted by Gasteiger charge is 2.24. The third-order valence-corrected chi connectivity index (χ3v) is 3.53. The summed E-state index contributed by atoms with van der Waals surface area (Å²) in [6.07, 6.45) is 5.19. The molecule has 118 valence electrons. The molecule has 0 atom stereocenters. The maximum absolute atomic E-state index is 13.2.